The van der Waals surface area contributed by atoms with Crippen molar-refractivity contribution in [2.24, 2.45) is 0 Å². The molecule has 0 bridgehead atoms. The van der Waals surface area contributed by atoms with E-state index in [1.807, 2.05) is 54.6 Å². The average molecular weight is 794 g/mol. The standard InChI is InChI=1S/C56H31N3O3/c1-2-13-32(14-3-1)35-25-28-48-42(30-35)52-53(57-55(58-56(52)62-48)39-20-12-24-49-50(39)37-18-7-10-22-46(37)60-49)40-26-27-44(51-38-19-8-11-23-47(38)61-54(40)51)59-43-21-9-6-17-36(43)41-29-33-15-4-5-16-34(33)31-45(41)59/h1-31H. The van der Waals surface area contributed by atoms with Gasteiger partial charge in [0, 0.05) is 43.4 Å². The van der Waals surface area contributed by atoms with Gasteiger partial charge in [-0.15, -0.1) is 0 Å². The number of furan rings is 3. The molecule has 288 valence electrons. The molecule has 14 aromatic rings. The molecule has 6 heteroatoms. The number of fused-ring (bicyclic) bond motifs is 13. The summed E-state index contributed by atoms with van der Waals surface area (Å²) in [5, 5.41) is 10.5. The summed E-state index contributed by atoms with van der Waals surface area (Å²) < 4.78 is 22.5. The number of benzene rings is 9. The van der Waals surface area contributed by atoms with Gasteiger partial charge in [0.2, 0.25) is 5.71 Å². The van der Waals surface area contributed by atoms with E-state index in [0.29, 0.717) is 11.5 Å². The minimum Gasteiger partial charge on any atom is -0.456 e. The monoisotopic (exact) mass is 793 g/mol. The van der Waals surface area contributed by atoms with Crippen LogP contribution >= 0.6 is 0 Å². The second-order valence-corrected chi connectivity index (χ2v) is 16.0. The SMILES string of the molecule is c1ccc(-c2ccc3oc4nc(-c5cccc6oc7ccccc7c56)nc(-c5ccc(-n6c7ccccc7c7cc8ccccc8cc76)c6c5oc5ccccc56)c4c3c2)cc1. The molecule has 0 saturated heterocycles. The fourth-order valence-electron chi connectivity index (χ4n) is 9.86. The molecule has 9 aromatic carbocycles. The van der Waals surface area contributed by atoms with Crippen LogP contribution in [-0.2, 0) is 0 Å². The van der Waals surface area contributed by atoms with Crippen molar-refractivity contribution in [2.75, 3.05) is 0 Å². The van der Waals surface area contributed by atoms with E-state index in [4.69, 9.17) is 23.2 Å². The Morgan fingerprint density at radius 2 is 1.06 bits per heavy atom. The molecule has 0 aliphatic carbocycles. The molecule has 62 heavy (non-hydrogen) atoms. The van der Waals surface area contributed by atoms with Gasteiger partial charge >= 0.3 is 0 Å². The van der Waals surface area contributed by atoms with Gasteiger partial charge in [0.25, 0.3) is 0 Å². The maximum absolute atomic E-state index is 7.04. The Kier molecular flexibility index (Phi) is 6.74. The van der Waals surface area contributed by atoms with Gasteiger partial charge in [0.1, 0.15) is 27.9 Å². The largest absolute Gasteiger partial charge is 0.456 e. The normalized spacial score (nSPS) is 12.2. The zero-order chi connectivity index (χ0) is 40.5. The maximum atomic E-state index is 7.04. The third kappa shape index (κ3) is 4.69. The van der Waals surface area contributed by atoms with Gasteiger partial charge < -0.3 is 17.8 Å². The highest BCUT2D eigenvalue weighted by Crippen LogP contribution is 2.46. The molecule has 5 heterocycles. The molecule has 0 unspecified atom stereocenters. The molecule has 6 nitrogen and oxygen atoms in total. The Morgan fingerprint density at radius 3 is 1.92 bits per heavy atom. The lowest BCUT2D eigenvalue weighted by Gasteiger charge is -2.13. The molecule has 5 aromatic heterocycles. The molecular formula is C56H31N3O3. The van der Waals surface area contributed by atoms with Gasteiger partial charge in [-0.1, -0.05) is 127 Å². The van der Waals surface area contributed by atoms with E-state index in [1.54, 1.807) is 0 Å². The molecule has 0 saturated carbocycles. The van der Waals surface area contributed by atoms with Crippen molar-refractivity contribution in [3.63, 3.8) is 0 Å². The Hall–Kier alpha value is -8.48. The third-order valence-electron chi connectivity index (χ3n) is 12.6. The highest BCUT2D eigenvalue weighted by atomic mass is 16.3. The molecule has 0 aliphatic heterocycles. The predicted octanol–water partition coefficient (Wildman–Crippen LogP) is 15.4. The number of hydrogen-bond donors (Lipinski definition) is 0. The Bertz CT molecular complexity index is 4170. The van der Waals surface area contributed by atoms with Crippen LogP contribution in [0.5, 0.6) is 0 Å². The molecule has 0 fully saturated rings. The van der Waals surface area contributed by atoms with Gasteiger partial charge in [-0.25, -0.2) is 4.98 Å². The van der Waals surface area contributed by atoms with Crippen LogP contribution in [0.25, 0.3) is 138 Å². The Morgan fingerprint density at radius 1 is 0.371 bits per heavy atom. The number of hydrogen-bond acceptors (Lipinski definition) is 5. The van der Waals surface area contributed by atoms with Crippen molar-refractivity contribution in [2.45, 2.75) is 0 Å². The fraction of sp³-hybridized carbons (Fsp3) is 0. The summed E-state index contributed by atoms with van der Waals surface area (Å²) in [5.41, 5.74) is 12.2. The van der Waals surface area contributed by atoms with Gasteiger partial charge in [0.05, 0.1) is 33.2 Å². The first-order valence-corrected chi connectivity index (χ1v) is 20.8. The van der Waals surface area contributed by atoms with Crippen LogP contribution in [-0.4, -0.2) is 14.5 Å². The first-order chi connectivity index (χ1) is 30.7. The average Bonchev–Trinajstić information content (AvgIpc) is 4.09. The van der Waals surface area contributed by atoms with Crippen molar-refractivity contribution >= 4 is 98.5 Å². The quantitative estimate of drug-likeness (QED) is 0.177. The van der Waals surface area contributed by atoms with E-state index < -0.39 is 0 Å². The molecular weight excluding hydrogens is 763 g/mol. The highest BCUT2D eigenvalue weighted by Gasteiger charge is 2.26. The van der Waals surface area contributed by atoms with Crippen LogP contribution in [0.1, 0.15) is 0 Å². The van der Waals surface area contributed by atoms with E-state index in [0.717, 1.165) is 105 Å². The van der Waals surface area contributed by atoms with Gasteiger partial charge in [-0.3, -0.25) is 0 Å². The Labute approximate surface area is 352 Å². The second kappa shape index (κ2) is 12.5. The smallest absolute Gasteiger partial charge is 0.231 e. The first kappa shape index (κ1) is 33.4. The number of para-hydroxylation sites is 3. The fourth-order valence-corrected chi connectivity index (χ4v) is 9.86. The van der Waals surface area contributed by atoms with Crippen LogP contribution in [0.2, 0.25) is 0 Å². The van der Waals surface area contributed by atoms with E-state index in [2.05, 4.69) is 138 Å². The summed E-state index contributed by atoms with van der Waals surface area (Å²) in [6.45, 7) is 0. The lowest BCUT2D eigenvalue weighted by molar-refractivity contribution is 0.653. The van der Waals surface area contributed by atoms with Crippen LogP contribution in [0.15, 0.2) is 201 Å². The van der Waals surface area contributed by atoms with Crippen molar-refractivity contribution in [3.05, 3.63) is 188 Å². The van der Waals surface area contributed by atoms with Gasteiger partial charge in [-0.05, 0) is 82.6 Å². The zero-order valence-corrected chi connectivity index (χ0v) is 33.0. The number of aromatic nitrogens is 3. The predicted molar refractivity (Wildman–Crippen MR) is 252 cm³/mol. The molecule has 0 N–H and O–H groups in total. The van der Waals surface area contributed by atoms with Crippen molar-refractivity contribution in [3.8, 4) is 39.5 Å². The molecule has 0 atom stereocenters. The molecule has 14 rings (SSSR count). The first-order valence-electron chi connectivity index (χ1n) is 20.8. The van der Waals surface area contributed by atoms with Crippen molar-refractivity contribution in [1.82, 2.24) is 14.5 Å². The lowest BCUT2D eigenvalue weighted by Crippen LogP contribution is -1.98. The van der Waals surface area contributed by atoms with Crippen molar-refractivity contribution < 1.29 is 13.3 Å². The third-order valence-corrected chi connectivity index (χ3v) is 12.6. The zero-order valence-electron chi connectivity index (χ0n) is 33.0. The van der Waals surface area contributed by atoms with E-state index in [-0.39, 0.29) is 0 Å². The molecule has 0 aliphatic rings. The summed E-state index contributed by atoms with van der Waals surface area (Å²) in [6.07, 6.45) is 0. The minimum atomic E-state index is 0.498. The van der Waals surface area contributed by atoms with Crippen molar-refractivity contribution in [1.29, 1.82) is 0 Å². The lowest BCUT2D eigenvalue weighted by atomic mass is 9.99. The van der Waals surface area contributed by atoms with Crippen LogP contribution in [0.4, 0.5) is 0 Å². The minimum absolute atomic E-state index is 0.498. The summed E-state index contributed by atoms with van der Waals surface area (Å²) in [6, 6.07) is 65.5. The van der Waals surface area contributed by atoms with Crippen LogP contribution in [0.3, 0.4) is 0 Å². The maximum Gasteiger partial charge on any atom is 0.231 e. The van der Waals surface area contributed by atoms with E-state index >= 15 is 0 Å². The van der Waals surface area contributed by atoms with Gasteiger partial charge in [0.15, 0.2) is 5.82 Å². The second-order valence-electron chi connectivity index (χ2n) is 16.0. The number of nitrogens with zero attached hydrogens (tertiary/aromatic N) is 3. The topological polar surface area (TPSA) is 70.1 Å². The van der Waals surface area contributed by atoms with E-state index in [1.165, 1.54) is 21.5 Å². The van der Waals surface area contributed by atoms with Crippen LogP contribution in [0, 0.1) is 0 Å². The summed E-state index contributed by atoms with van der Waals surface area (Å²) in [4.78, 5) is 10.8. The molecule has 0 spiro atoms. The Balaban J connectivity index is 1.11. The summed E-state index contributed by atoms with van der Waals surface area (Å²) >= 11 is 0. The number of rotatable bonds is 4. The summed E-state index contributed by atoms with van der Waals surface area (Å²) in [5.74, 6) is 0.537. The molecule has 0 amide bonds. The highest BCUT2D eigenvalue weighted by molar-refractivity contribution is 6.21. The van der Waals surface area contributed by atoms with Gasteiger partial charge in [-0.2, -0.15) is 4.98 Å². The molecule has 0 radical (unpaired) electrons. The van der Waals surface area contributed by atoms with Crippen LogP contribution < -0.4 is 0 Å². The van der Waals surface area contributed by atoms with E-state index in [9.17, 15) is 0 Å². The summed E-state index contributed by atoms with van der Waals surface area (Å²) in [7, 11) is 0.